The largest absolute Gasteiger partial charge is 0.481 e. The molecule has 0 fully saturated rings. The number of carboxylic acid groups (broad SMARTS) is 1. The van der Waals surface area contributed by atoms with Crippen molar-refractivity contribution in [2.45, 2.75) is 39.2 Å². The van der Waals surface area contributed by atoms with Gasteiger partial charge in [-0.05, 0) is 25.7 Å². The summed E-state index contributed by atoms with van der Waals surface area (Å²) >= 11 is 0. The van der Waals surface area contributed by atoms with Crippen LogP contribution in [0.1, 0.15) is 33.1 Å². The van der Waals surface area contributed by atoms with E-state index in [1.165, 1.54) is 6.92 Å². The fourth-order valence-electron chi connectivity index (χ4n) is 1.39. The van der Waals surface area contributed by atoms with E-state index in [2.05, 4.69) is 10.6 Å². The summed E-state index contributed by atoms with van der Waals surface area (Å²) in [7, 11) is 0. The van der Waals surface area contributed by atoms with Crippen LogP contribution in [0, 0.1) is 5.92 Å². The van der Waals surface area contributed by atoms with Gasteiger partial charge in [0.05, 0.1) is 0 Å². The Morgan fingerprint density at radius 2 is 1.83 bits per heavy atom. The predicted octanol–water partition coefficient (Wildman–Crippen LogP) is 0.0504. The van der Waals surface area contributed by atoms with Gasteiger partial charge in [-0.1, -0.05) is 6.92 Å². The van der Waals surface area contributed by atoms with Crippen molar-refractivity contribution in [2.24, 2.45) is 11.7 Å². The second-order valence-corrected chi connectivity index (χ2v) is 4.35. The number of nitrogens with two attached hydrogens (primary N) is 1. The molecule has 0 saturated carbocycles. The van der Waals surface area contributed by atoms with Crippen LogP contribution in [0.15, 0.2) is 0 Å². The van der Waals surface area contributed by atoms with Crippen LogP contribution in [-0.2, 0) is 9.59 Å². The molecular formula is C11H21N3O4. The minimum Gasteiger partial charge on any atom is -0.481 e. The Bertz CT molecular complexity index is 307. The number of hydrogen-bond acceptors (Lipinski definition) is 3. The van der Waals surface area contributed by atoms with Crippen molar-refractivity contribution in [2.75, 3.05) is 6.54 Å². The number of aliphatic carboxylic acids is 1. The van der Waals surface area contributed by atoms with Crippen molar-refractivity contribution in [3.05, 3.63) is 0 Å². The second kappa shape index (κ2) is 8.32. The number of primary amides is 1. The fraction of sp³-hybridized carbons (Fsp3) is 0.727. The van der Waals surface area contributed by atoms with Crippen molar-refractivity contribution in [3.63, 3.8) is 0 Å². The summed E-state index contributed by atoms with van der Waals surface area (Å²) in [6, 6.07) is -1.41. The summed E-state index contributed by atoms with van der Waals surface area (Å²) in [5.41, 5.74) is 4.89. The van der Waals surface area contributed by atoms with Gasteiger partial charge in [-0.15, -0.1) is 0 Å². The molecule has 0 aliphatic carbocycles. The van der Waals surface area contributed by atoms with E-state index in [0.717, 1.165) is 0 Å². The van der Waals surface area contributed by atoms with Gasteiger partial charge in [-0.3, -0.25) is 9.59 Å². The zero-order valence-electron chi connectivity index (χ0n) is 10.7. The number of urea groups is 1. The highest BCUT2D eigenvalue weighted by atomic mass is 16.4. The van der Waals surface area contributed by atoms with Crippen molar-refractivity contribution in [1.82, 2.24) is 10.6 Å². The number of hydrogen-bond donors (Lipinski definition) is 4. The van der Waals surface area contributed by atoms with Crippen LogP contribution in [0.2, 0.25) is 0 Å². The molecule has 3 amide bonds. The lowest BCUT2D eigenvalue weighted by Gasteiger charge is -2.14. The lowest BCUT2D eigenvalue weighted by Crippen LogP contribution is -2.47. The smallest absolute Gasteiger partial charge is 0.312 e. The third-order valence-corrected chi connectivity index (χ3v) is 2.54. The first-order valence-electron chi connectivity index (χ1n) is 5.88. The molecule has 0 rings (SSSR count). The summed E-state index contributed by atoms with van der Waals surface area (Å²) in [5, 5.41) is 13.4. The molecule has 0 aromatic rings. The normalized spacial score (nSPS) is 13.4. The maximum absolute atomic E-state index is 11.5. The number of carbonyl (C=O) groups excluding carboxylic acids is 2. The Balaban J connectivity index is 3.73. The van der Waals surface area contributed by atoms with Crippen LogP contribution in [0.3, 0.4) is 0 Å². The molecule has 7 heteroatoms. The Kier molecular flexibility index (Phi) is 7.50. The van der Waals surface area contributed by atoms with Gasteiger partial charge in [0.1, 0.15) is 6.04 Å². The third-order valence-electron chi connectivity index (χ3n) is 2.54. The molecule has 0 aliphatic heterocycles. The average molecular weight is 259 g/mol. The third kappa shape index (κ3) is 8.37. The molecule has 0 saturated heterocycles. The van der Waals surface area contributed by atoms with Crippen molar-refractivity contribution in [3.8, 4) is 0 Å². The molecule has 104 valence electrons. The number of carboxylic acids is 1. The zero-order chi connectivity index (χ0) is 14.1. The van der Waals surface area contributed by atoms with Gasteiger partial charge in [-0.25, -0.2) is 4.79 Å². The highest BCUT2D eigenvalue weighted by Crippen LogP contribution is 2.09. The van der Waals surface area contributed by atoms with Gasteiger partial charge in [0.25, 0.3) is 0 Å². The number of amides is 3. The van der Waals surface area contributed by atoms with Crippen LogP contribution in [0.25, 0.3) is 0 Å². The lowest BCUT2D eigenvalue weighted by molar-refractivity contribution is -0.137. The highest BCUT2D eigenvalue weighted by molar-refractivity contribution is 5.86. The topological polar surface area (TPSA) is 122 Å². The van der Waals surface area contributed by atoms with Gasteiger partial charge >= 0.3 is 12.0 Å². The van der Waals surface area contributed by atoms with E-state index in [4.69, 9.17) is 10.8 Å². The van der Waals surface area contributed by atoms with E-state index in [0.29, 0.717) is 19.4 Å². The Morgan fingerprint density at radius 3 is 2.33 bits per heavy atom. The Hall–Kier alpha value is -1.79. The summed E-state index contributed by atoms with van der Waals surface area (Å²) in [5.74, 6) is -0.898. The molecule has 0 aliphatic rings. The quantitative estimate of drug-likeness (QED) is 0.492. The fourth-order valence-corrected chi connectivity index (χ4v) is 1.39. The Morgan fingerprint density at radius 1 is 1.22 bits per heavy atom. The maximum atomic E-state index is 11.5. The van der Waals surface area contributed by atoms with E-state index >= 15 is 0 Å². The van der Waals surface area contributed by atoms with Crippen LogP contribution >= 0.6 is 0 Å². The van der Waals surface area contributed by atoms with Gasteiger partial charge in [0.15, 0.2) is 0 Å². The average Bonchev–Trinajstić information content (AvgIpc) is 2.25. The molecule has 0 aromatic carbocycles. The maximum Gasteiger partial charge on any atom is 0.312 e. The van der Waals surface area contributed by atoms with Crippen molar-refractivity contribution < 1.29 is 19.5 Å². The molecule has 0 spiro atoms. The molecule has 0 heterocycles. The zero-order valence-corrected chi connectivity index (χ0v) is 10.7. The van der Waals surface area contributed by atoms with Crippen molar-refractivity contribution >= 4 is 17.9 Å². The molecule has 0 bridgehead atoms. The van der Waals surface area contributed by atoms with Crippen LogP contribution in [0.4, 0.5) is 4.79 Å². The van der Waals surface area contributed by atoms with E-state index in [9.17, 15) is 14.4 Å². The molecule has 2 atom stereocenters. The van der Waals surface area contributed by atoms with E-state index in [1.807, 2.05) is 6.92 Å². The molecule has 0 radical (unpaired) electrons. The highest BCUT2D eigenvalue weighted by Gasteiger charge is 2.13. The molecule has 0 aromatic heterocycles. The van der Waals surface area contributed by atoms with Crippen LogP contribution in [0.5, 0.6) is 0 Å². The van der Waals surface area contributed by atoms with Crippen LogP contribution in [-0.4, -0.2) is 35.6 Å². The lowest BCUT2D eigenvalue weighted by atomic mass is 10.0. The van der Waals surface area contributed by atoms with Gasteiger partial charge in [0.2, 0.25) is 5.91 Å². The minimum atomic E-state index is -0.815. The summed E-state index contributed by atoms with van der Waals surface area (Å²) in [6.45, 7) is 3.92. The number of nitrogens with one attached hydrogen (secondary N) is 2. The van der Waals surface area contributed by atoms with E-state index in [1.54, 1.807) is 0 Å². The summed E-state index contributed by atoms with van der Waals surface area (Å²) < 4.78 is 0. The molecule has 18 heavy (non-hydrogen) atoms. The monoisotopic (exact) mass is 259 g/mol. The summed E-state index contributed by atoms with van der Waals surface area (Å²) in [4.78, 5) is 32.3. The van der Waals surface area contributed by atoms with Crippen LogP contribution < -0.4 is 16.4 Å². The molecular weight excluding hydrogens is 238 g/mol. The first-order valence-corrected chi connectivity index (χ1v) is 5.88. The molecule has 5 N–H and O–H groups in total. The Labute approximate surface area is 106 Å². The first-order chi connectivity index (χ1) is 8.32. The van der Waals surface area contributed by atoms with Gasteiger partial charge < -0.3 is 21.5 Å². The van der Waals surface area contributed by atoms with E-state index < -0.39 is 18.0 Å². The molecule has 2 unspecified atom stereocenters. The van der Waals surface area contributed by atoms with Crippen molar-refractivity contribution in [1.29, 1.82) is 0 Å². The molecule has 7 nitrogen and oxygen atoms in total. The standard InChI is InChI=1S/C11H21N3O4/c1-7(3-4-9(15)16)5-6-13-10(17)8(2)14-11(12)18/h7-8H,3-6H2,1-2H3,(H,13,17)(H,15,16)(H3,12,14,18). The second-order valence-electron chi connectivity index (χ2n) is 4.35. The SMILES string of the molecule is CC(CCNC(=O)C(C)NC(N)=O)CCC(=O)O. The van der Waals surface area contributed by atoms with Gasteiger partial charge in [-0.2, -0.15) is 0 Å². The predicted molar refractivity (Wildman–Crippen MR) is 65.8 cm³/mol. The number of rotatable bonds is 8. The van der Waals surface area contributed by atoms with Gasteiger partial charge in [0, 0.05) is 13.0 Å². The summed E-state index contributed by atoms with van der Waals surface area (Å²) in [6.07, 6.45) is 1.41. The number of carbonyl (C=O) groups is 3. The first kappa shape index (κ1) is 16.2. The van der Waals surface area contributed by atoms with E-state index in [-0.39, 0.29) is 18.2 Å². The minimum absolute atomic E-state index is 0.134.